The molecule has 6 nitrogen and oxygen atoms in total. The number of nitrogens with zero attached hydrogens (tertiary/aromatic N) is 2. The summed E-state index contributed by atoms with van der Waals surface area (Å²) in [5.41, 5.74) is 9.25. The summed E-state index contributed by atoms with van der Waals surface area (Å²) in [5, 5.41) is 24.7. The summed E-state index contributed by atoms with van der Waals surface area (Å²) in [5.74, 6) is 0.0473. The van der Waals surface area contributed by atoms with Crippen LogP contribution in [0.3, 0.4) is 0 Å². The Morgan fingerprint density at radius 2 is 1.71 bits per heavy atom. The minimum atomic E-state index is -0.269. The Kier molecular flexibility index (Phi) is 4.85. The van der Waals surface area contributed by atoms with Crippen LogP contribution in [0.4, 0.5) is 0 Å². The van der Waals surface area contributed by atoms with Gasteiger partial charge in [0, 0.05) is 0 Å². The molecule has 0 unspecified atom stereocenters. The van der Waals surface area contributed by atoms with Gasteiger partial charge in [0.2, 0.25) is 0 Å². The van der Waals surface area contributed by atoms with Crippen molar-refractivity contribution < 1.29 is 10.3 Å². The summed E-state index contributed by atoms with van der Waals surface area (Å²) in [6.07, 6.45) is 0. The van der Waals surface area contributed by atoms with Crippen LogP contribution in [0, 0.1) is 0 Å². The zero-order valence-corrected chi connectivity index (χ0v) is 18.2. The molecule has 5 N–H and O–H groups in total. The van der Waals surface area contributed by atoms with Gasteiger partial charge in [-0.05, 0) is 0 Å². The first-order chi connectivity index (χ1) is 15.1. The van der Waals surface area contributed by atoms with E-state index in [9.17, 15) is 5.11 Å². The molecule has 5 rings (SSSR count). The van der Waals surface area contributed by atoms with Crippen LogP contribution >= 0.6 is 0 Å². The van der Waals surface area contributed by atoms with Crippen molar-refractivity contribution >= 4 is 52.1 Å². The van der Waals surface area contributed by atoms with Crippen molar-refractivity contribution in [2.45, 2.75) is 0 Å². The molecular weight excluding hydrogens is 451 g/mol. The molecule has 0 saturated carbocycles. The van der Waals surface area contributed by atoms with Crippen molar-refractivity contribution in [3.63, 3.8) is 0 Å². The fraction of sp³-hybridized carbons (Fsp3) is 0. The molecule has 0 aliphatic rings. The third-order valence-corrected chi connectivity index (χ3v) is 7.59. The summed E-state index contributed by atoms with van der Waals surface area (Å²) < 4.78 is 2.50. The van der Waals surface area contributed by atoms with Gasteiger partial charge >= 0.3 is 185 Å². The zero-order valence-electron chi connectivity index (χ0n) is 16.3. The predicted octanol–water partition coefficient (Wildman–Crippen LogP) is 2.84. The van der Waals surface area contributed by atoms with Crippen molar-refractivity contribution in [2.24, 2.45) is 10.9 Å². The molecule has 7 heteroatoms. The fourth-order valence-electron chi connectivity index (χ4n) is 3.67. The van der Waals surface area contributed by atoms with Crippen LogP contribution in [0.15, 0.2) is 84.0 Å². The Bertz CT molecular complexity index is 1440. The average molecular weight is 469 g/mol. The number of nitrogens with two attached hydrogens (primary N) is 1. The van der Waals surface area contributed by atoms with Gasteiger partial charge in [0.1, 0.15) is 0 Å². The minimum absolute atomic E-state index is 0.00905. The topological polar surface area (TPSA) is 108 Å². The van der Waals surface area contributed by atoms with Crippen molar-refractivity contribution in [3.05, 3.63) is 84.4 Å². The first-order valence-corrected chi connectivity index (χ1v) is 11.5. The van der Waals surface area contributed by atoms with Gasteiger partial charge in [-0.25, -0.2) is 0 Å². The normalized spacial score (nSPS) is 12.3. The molecule has 2 aromatic heterocycles. The van der Waals surface area contributed by atoms with E-state index in [0.29, 0.717) is 16.8 Å². The number of hydrogen-bond acceptors (Lipinski definition) is 4. The van der Waals surface area contributed by atoms with Crippen LogP contribution in [0.2, 0.25) is 0 Å². The van der Waals surface area contributed by atoms with Crippen LogP contribution < -0.4 is 14.4 Å². The molecule has 0 aliphatic carbocycles. The quantitative estimate of drug-likeness (QED) is 0.107. The third-order valence-electron chi connectivity index (χ3n) is 5.14. The molecule has 0 saturated heterocycles. The molecule has 1 radical (unpaired) electrons. The molecule has 3 aromatic carbocycles. The second-order valence-corrected chi connectivity index (χ2v) is 9.65. The number of para-hydroxylation sites is 1. The van der Waals surface area contributed by atoms with Crippen molar-refractivity contribution in [2.75, 3.05) is 0 Å². The third kappa shape index (κ3) is 3.51. The number of aromatic amines is 1. The first-order valence-electron chi connectivity index (χ1n) is 9.63. The van der Waals surface area contributed by atoms with Gasteiger partial charge in [-0.3, -0.25) is 0 Å². The predicted molar refractivity (Wildman–Crippen MR) is 125 cm³/mol. The Morgan fingerprint density at radius 3 is 2.52 bits per heavy atom. The average Bonchev–Trinajstić information content (AvgIpc) is 3.14. The van der Waals surface area contributed by atoms with E-state index >= 15 is 0 Å². The van der Waals surface area contributed by atoms with Gasteiger partial charge in [-0.1, -0.05) is 0 Å². The number of amidine groups is 1. The molecule has 0 amide bonds. The molecular formula is C24H18AsN4O2. The summed E-state index contributed by atoms with van der Waals surface area (Å²) in [6, 6.07) is 25.8. The van der Waals surface area contributed by atoms with E-state index < -0.39 is 0 Å². The molecule has 151 valence electrons. The van der Waals surface area contributed by atoms with E-state index in [-0.39, 0.29) is 27.5 Å². The van der Waals surface area contributed by atoms with E-state index in [1.54, 1.807) is 18.2 Å². The first kappa shape index (κ1) is 19.2. The van der Waals surface area contributed by atoms with Crippen LogP contribution in [0.5, 0.6) is 5.88 Å². The number of aromatic hydroxyl groups is 1. The van der Waals surface area contributed by atoms with Gasteiger partial charge in [-0.15, -0.1) is 0 Å². The number of hydrogen-bond donors (Lipinski definition) is 4. The molecule has 0 spiro atoms. The van der Waals surface area contributed by atoms with E-state index in [2.05, 4.69) is 46.5 Å². The second-order valence-electron chi connectivity index (χ2n) is 7.09. The maximum atomic E-state index is 10.7. The number of aromatic nitrogens is 2. The number of pyridine rings is 1. The van der Waals surface area contributed by atoms with E-state index in [1.165, 1.54) is 8.70 Å². The summed E-state index contributed by atoms with van der Waals surface area (Å²) in [6.45, 7) is 0. The Morgan fingerprint density at radius 1 is 0.935 bits per heavy atom. The molecule has 0 bridgehead atoms. The van der Waals surface area contributed by atoms with Crippen LogP contribution in [0.1, 0.15) is 5.56 Å². The van der Waals surface area contributed by atoms with Crippen molar-refractivity contribution in [1.29, 1.82) is 0 Å². The number of oxime groups is 1. The summed E-state index contributed by atoms with van der Waals surface area (Å²) >= 11 is -0.269. The Balaban J connectivity index is 1.74. The van der Waals surface area contributed by atoms with E-state index in [4.69, 9.17) is 15.9 Å². The maximum absolute atomic E-state index is 10.7. The Hall–Kier alpha value is -3.76. The molecule has 5 aromatic rings. The zero-order chi connectivity index (χ0) is 21.4. The van der Waals surface area contributed by atoms with Crippen LogP contribution in [-0.2, 0) is 0 Å². The van der Waals surface area contributed by atoms with E-state index in [1.807, 2.05) is 24.3 Å². The number of benzene rings is 3. The molecule has 31 heavy (non-hydrogen) atoms. The fourth-order valence-corrected chi connectivity index (χ4v) is 5.97. The monoisotopic (exact) mass is 469 g/mol. The van der Waals surface area contributed by atoms with Crippen LogP contribution in [0.25, 0.3) is 33.1 Å². The SMILES string of the molecule is NC(=NO)c1ccc2[nH]c(O)c(-c3cc([As]c4ccccc4)c4ccccc4n3)c2c1. The Labute approximate surface area is 184 Å². The number of nitrogens with one attached hydrogen (secondary N) is 1. The molecule has 0 fully saturated rings. The number of rotatable bonds is 4. The van der Waals surface area contributed by atoms with Gasteiger partial charge < -0.3 is 0 Å². The van der Waals surface area contributed by atoms with Gasteiger partial charge in [0.05, 0.1) is 0 Å². The van der Waals surface area contributed by atoms with Gasteiger partial charge in [-0.2, -0.15) is 0 Å². The van der Waals surface area contributed by atoms with Crippen LogP contribution in [-0.4, -0.2) is 41.9 Å². The van der Waals surface area contributed by atoms with Gasteiger partial charge in [0.25, 0.3) is 0 Å². The number of H-pyrrole nitrogens is 1. The second kappa shape index (κ2) is 7.82. The van der Waals surface area contributed by atoms with Crippen molar-refractivity contribution in [3.8, 4) is 17.1 Å². The summed E-state index contributed by atoms with van der Waals surface area (Å²) in [4.78, 5) is 7.86. The van der Waals surface area contributed by atoms with Crippen molar-refractivity contribution in [1.82, 2.24) is 9.97 Å². The molecule has 0 atom stereocenters. The standard InChI is InChI=1S/C24H18AsN4O2/c26-23(29-31)14-10-11-20-17(12-14)22(24(30)28-20)21-13-18(25-15-6-2-1-3-7-15)16-8-4-5-9-19(16)27-21/h1-13,28,30-31H,(H2,26,29). The summed E-state index contributed by atoms with van der Waals surface area (Å²) in [7, 11) is 0. The molecule has 0 aliphatic heterocycles. The van der Waals surface area contributed by atoms with E-state index in [0.717, 1.165) is 21.8 Å². The van der Waals surface area contributed by atoms with Gasteiger partial charge in [0.15, 0.2) is 0 Å². The number of fused-ring (bicyclic) bond motifs is 2. The molecule has 2 heterocycles.